The third-order valence-corrected chi connectivity index (χ3v) is 2.08. The van der Waals surface area contributed by atoms with Crippen molar-refractivity contribution in [3.8, 4) is 0 Å². The van der Waals surface area contributed by atoms with E-state index in [1.165, 1.54) is 5.56 Å². The Kier molecular flexibility index (Phi) is 2.88. The number of benzene rings is 1. The number of hydrogen-bond acceptors (Lipinski definition) is 2. The number of nitrogens with zero attached hydrogens (tertiary/aromatic N) is 2. The Labute approximate surface area is 89.3 Å². The molecule has 0 bridgehead atoms. The molecule has 0 N–H and O–H groups in total. The maximum atomic E-state index is 4.35. The molecule has 1 aromatic heterocycles. The fourth-order valence-electron chi connectivity index (χ4n) is 1.23. The highest BCUT2D eigenvalue weighted by Gasteiger charge is 1.88. The van der Waals surface area contributed by atoms with Crippen LogP contribution in [0.2, 0.25) is 0 Å². The number of aryl methyl sites for hydroxylation is 1. The van der Waals surface area contributed by atoms with Gasteiger partial charge in [0.25, 0.3) is 0 Å². The molecule has 15 heavy (non-hydrogen) atoms. The molecule has 1 aromatic carbocycles. The number of hydrogen-bond donors (Lipinski definition) is 0. The third-order valence-electron chi connectivity index (χ3n) is 2.08. The van der Waals surface area contributed by atoms with Crippen molar-refractivity contribution < 1.29 is 0 Å². The van der Waals surface area contributed by atoms with Gasteiger partial charge in [-0.3, -0.25) is 9.98 Å². The molecular formula is C13H12N2. The van der Waals surface area contributed by atoms with Crippen molar-refractivity contribution in [3.63, 3.8) is 0 Å². The Balaban J connectivity index is 2.15. The second-order valence-electron chi connectivity index (χ2n) is 3.38. The number of pyridine rings is 1. The first kappa shape index (κ1) is 9.59. The maximum absolute atomic E-state index is 4.35. The lowest BCUT2D eigenvalue weighted by Gasteiger charge is -1.94. The lowest BCUT2D eigenvalue weighted by atomic mass is 10.2. The second-order valence-corrected chi connectivity index (χ2v) is 3.38. The van der Waals surface area contributed by atoms with Crippen molar-refractivity contribution in [2.24, 2.45) is 4.99 Å². The van der Waals surface area contributed by atoms with Crippen molar-refractivity contribution >= 4 is 11.9 Å². The average molecular weight is 196 g/mol. The minimum atomic E-state index is 0.962. The van der Waals surface area contributed by atoms with E-state index >= 15 is 0 Å². The van der Waals surface area contributed by atoms with Gasteiger partial charge in [0.1, 0.15) is 0 Å². The number of aliphatic imine (C=N–C) groups is 1. The summed E-state index contributed by atoms with van der Waals surface area (Å²) in [5.41, 5.74) is 3.22. The Bertz CT molecular complexity index is 444. The molecule has 0 aliphatic carbocycles. The average Bonchev–Trinajstić information content (AvgIpc) is 2.30. The van der Waals surface area contributed by atoms with Gasteiger partial charge in [-0.05, 0) is 25.1 Å². The Morgan fingerprint density at radius 1 is 1.13 bits per heavy atom. The highest BCUT2D eigenvalue weighted by Crippen LogP contribution is 2.12. The van der Waals surface area contributed by atoms with Crippen LogP contribution in [0.15, 0.2) is 53.8 Å². The fourth-order valence-corrected chi connectivity index (χ4v) is 1.23. The van der Waals surface area contributed by atoms with Crippen LogP contribution in [0.1, 0.15) is 11.1 Å². The van der Waals surface area contributed by atoms with Crippen LogP contribution in [-0.2, 0) is 0 Å². The van der Waals surface area contributed by atoms with E-state index in [2.05, 4.69) is 29.0 Å². The van der Waals surface area contributed by atoms with E-state index in [4.69, 9.17) is 0 Å². The molecule has 0 saturated heterocycles. The van der Waals surface area contributed by atoms with Gasteiger partial charge in [-0.15, -0.1) is 0 Å². The molecule has 2 heteroatoms. The summed E-state index contributed by atoms with van der Waals surface area (Å²) in [5.74, 6) is 0. The Morgan fingerprint density at radius 3 is 2.60 bits per heavy atom. The first-order chi connectivity index (χ1) is 7.34. The van der Waals surface area contributed by atoms with Crippen molar-refractivity contribution in [2.75, 3.05) is 0 Å². The molecule has 2 rings (SSSR count). The molecule has 2 aromatic rings. The summed E-state index contributed by atoms with van der Waals surface area (Å²) in [6, 6.07) is 12.0. The van der Waals surface area contributed by atoms with E-state index in [0.717, 1.165) is 11.3 Å². The third kappa shape index (κ3) is 2.74. The van der Waals surface area contributed by atoms with Crippen molar-refractivity contribution in [3.05, 3.63) is 59.9 Å². The summed E-state index contributed by atoms with van der Waals surface area (Å²) < 4.78 is 0. The molecule has 2 nitrogen and oxygen atoms in total. The predicted molar refractivity (Wildman–Crippen MR) is 62.7 cm³/mol. The van der Waals surface area contributed by atoms with Gasteiger partial charge >= 0.3 is 0 Å². The van der Waals surface area contributed by atoms with Crippen LogP contribution in [0.25, 0.3) is 0 Å². The van der Waals surface area contributed by atoms with Gasteiger partial charge in [-0.25, -0.2) is 0 Å². The van der Waals surface area contributed by atoms with Gasteiger partial charge in [-0.1, -0.05) is 23.8 Å². The molecule has 0 amide bonds. The molecule has 0 atom stereocenters. The largest absolute Gasteiger partial charge is 0.264 e. The van der Waals surface area contributed by atoms with E-state index in [0.29, 0.717) is 0 Å². The summed E-state index contributed by atoms with van der Waals surface area (Å²) in [4.78, 5) is 8.37. The summed E-state index contributed by atoms with van der Waals surface area (Å²) in [5, 5.41) is 0. The van der Waals surface area contributed by atoms with E-state index in [1.807, 2.05) is 30.5 Å². The van der Waals surface area contributed by atoms with Gasteiger partial charge in [0, 0.05) is 24.2 Å². The van der Waals surface area contributed by atoms with Crippen LogP contribution >= 0.6 is 0 Å². The van der Waals surface area contributed by atoms with E-state index in [-0.39, 0.29) is 0 Å². The highest BCUT2D eigenvalue weighted by atomic mass is 14.7. The van der Waals surface area contributed by atoms with Gasteiger partial charge in [0.15, 0.2) is 0 Å². The summed E-state index contributed by atoms with van der Waals surface area (Å²) in [7, 11) is 0. The maximum Gasteiger partial charge on any atom is 0.0630 e. The lowest BCUT2D eigenvalue weighted by Crippen LogP contribution is -1.80. The molecule has 0 aliphatic heterocycles. The molecule has 1 heterocycles. The molecule has 0 fully saturated rings. The summed E-state index contributed by atoms with van der Waals surface area (Å²) >= 11 is 0. The number of rotatable bonds is 2. The zero-order valence-electron chi connectivity index (χ0n) is 8.59. The molecule has 0 aliphatic rings. The fraction of sp³-hybridized carbons (Fsp3) is 0.0769. The monoisotopic (exact) mass is 196 g/mol. The van der Waals surface area contributed by atoms with Crippen LogP contribution in [0.3, 0.4) is 0 Å². The quantitative estimate of drug-likeness (QED) is 0.677. The minimum Gasteiger partial charge on any atom is -0.264 e. The topological polar surface area (TPSA) is 25.2 Å². The van der Waals surface area contributed by atoms with Gasteiger partial charge in [0.05, 0.1) is 5.69 Å². The smallest absolute Gasteiger partial charge is 0.0630 e. The van der Waals surface area contributed by atoms with E-state index in [1.54, 1.807) is 12.4 Å². The molecular weight excluding hydrogens is 184 g/mol. The van der Waals surface area contributed by atoms with Crippen LogP contribution < -0.4 is 0 Å². The van der Waals surface area contributed by atoms with Crippen molar-refractivity contribution in [1.29, 1.82) is 0 Å². The van der Waals surface area contributed by atoms with Crippen LogP contribution in [0.4, 0.5) is 5.69 Å². The van der Waals surface area contributed by atoms with Gasteiger partial charge in [-0.2, -0.15) is 0 Å². The van der Waals surface area contributed by atoms with Crippen LogP contribution in [0, 0.1) is 6.92 Å². The van der Waals surface area contributed by atoms with Gasteiger partial charge in [0.2, 0.25) is 0 Å². The first-order valence-electron chi connectivity index (χ1n) is 4.85. The SMILES string of the molecule is Cc1ccc(/N=C/c2cccnc2)cc1. The minimum absolute atomic E-state index is 0.962. The van der Waals surface area contributed by atoms with E-state index < -0.39 is 0 Å². The predicted octanol–water partition coefficient (Wildman–Crippen LogP) is 3.14. The summed E-state index contributed by atoms with van der Waals surface area (Å²) in [6.45, 7) is 2.06. The Morgan fingerprint density at radius 2 is 1.93 bits per heavy atom. The zero-order chi connectivity index (χ0) is 10.5. The van der Waals surface area contributed by atoms with Crippen LogP contribution in [0.5, 0.6) is 0 Å². The molecule has 0 radical (unpaired) electrons. The van der Waals surface area contributed by atoms with Crippen molar-refractivity contribution in [2.45, 2.75) is 6.92 Å². The molecule has 74 valence electrons. The van der Waals surface area contributed by atoms with Crippen molar-refractivity contribution in [1.82, 2.24) is 4.98 Å². The number of aromatic nitrogens is 1. The first-order valence-corrected chi connectivity index (χ1v) is 4.85. The molecule has 0 spiro atoms. The second kappa shape index (κ2) is 4.51. The Hall–Kier alpha value is -1.96. The lowest BCUT2D eigenvalue weighted by molar-refractivity contribution is 1.32. The normalized spacial score (nSPS) is 10.7. The molecule has 0 saturated carbocycles. The van der Waals surface area contributed by atoms with Crippen LogP contribution in [-0.4, -0.2) is 11.2 Å². The summed E-state index contributed by atoms with van der Waals surface area (Å²) in [6.07, 6.45) is 5.36. The molecule has 0 unspecified atom stereocenters. The zero-order valence-corrected chi connectivity index (χ0v) is 8.59. The standard InChI is InChI=1S/C13H12N2/c1-11-4-6-13(7-5-11)15-10-12-3-2-8-14-9-12/h2-10H,1H3/b15-10+. The van der Waals surface area contributed by atoms with E-state index in [9.17, 15) is 0 Å². The highest BCUT2D eigenvalue weighted by molar-refractivity contribution is 5.81. The van der Waals surface area contributed by atoms with Gasteiger partial charge < -0.3 is 0 Å².